The second-order valence-corrected chi connectivity index (χ2v) is 3.93. The summed E-state index contributed by atoms with van der Waals surface area (Å²) >= 11 is 0. The lowest BCUT2D eigenvalue weighted by Gasteiger charge is -2.17. The Morgan fingerprint density at radius 2 is 1.82 bits per heavy atom. The highest BCUT2D eigenvalue weighted by molar-refractivity contribution is 5.78. The molecule has 1 aromatic carbocycles. The van der Waals surface area contributed by atoms with E-state index in [1.165, 1.54) is 13.8 Å². The van der Waals surface area contributed by atoms with E-state index in [1.54, 1.807) is 7.11 Å². The van der Waals surface area contributed by atoms with Gasteiger partial charge < -0.3 is 10.1 Å². The average Bonchev–Trinajstić information content (AvgIpc) is 2.27. The number of ether oxygens (including phenoxy) is 1. The average molecular weight is 235 g/mol. The molecular weight excluding hydrogens is 218 g/mol. The first-order valence-electron chi connectivity index (χ1n) is 5.43. The zero-order valence-electron chi connectivity index (χ0n) is 10.3. The van der Waals surface area contributed by atoms with Crippen LogP contribution in [0.25, 0.3) is 0 Å². The number of rotatable bonds is 5. The van der Waals surface area contributed by atoms with E-state index in [1.807, 2.05) is 24.3 Å². The molecule has 0 saturated heterocycles. The van der Waals surface area contributed by atoms with Crippen molar-refractivity contribution in [1.82, 2.24) is 5.32 Å². The molecule has 92 valence electrons. The molecule has 1 rings (SSSR count). The van der Waals surface area contributed by atoms with Crippen LogP contribution in [0.4, 0.5) is 0 Å². The predicted octanol–water partition coefficient (Wildman–Crippen LogP) is 1.85. The molecule has 4 nitrogen and oxygen atoms in total. The smallest absolute Gasteiger partial charge is 0.217 e. The van der Waals surface area contributed by atoms with E-state index in [2.05, 4.69) is 5.32 Å². The molecule has 17 heavy (non-hydrogen) atoms. The fourth-order valence-corrected chi connectivity index (χ4v) is 1.62. The van der Waals surface area contributed by atoms with Crippen molar-refractivity contribution in [2.24, 2.45) is 0 Å². The Labute approximate surface area is 101 Å². The van der Waals surface area contributed by atoms with Crippen LogP contribution in [0.3, 0.4) is 0 Å². The van der Waals surface area contributed by atoms with Crippen LogP contribution < -0.4 is 10.1 Å². The number of amides is 1. The van der Waals surface area contributed by atoms with E-state index in [0.29, 0.717) is 6.42 Å². The summed E-state index contributed by atoms with van der Waals surface area (Å²) in [6.45, 7) is 2.95. The van der Waals surface area contributed by atoms with E-state index in [9.17, 15) is 9.59 Å². The van der Waals surface area contributed by atoms with Gasteiger partial charge in [0.1, 0.15) is 11.5 Å². The molecule has 0 aliphatic carbocycles. The highest BCUT2D eigenvalue weighted by Crippen LogP contribution is 2.20. The van der Waals surface area contributed by atoms with Crippen molar-refractivity contribution in [3.63, 3.8) is 0 Å². The number of benzene rings is 1. The molecule has 1 unspecified atom stereocenters. The van der Waals surface area contributed by atoms with Gasteiger partial charge in [-0.1, -0.05) is 12.1 Å². The van der Waals surface area contributed by atoms with Crippen molar-refractivity contribution < 1.29 is 14.3 Å². The van der Waals surface area contributed by atoms with Crippen molar-refractivity contribution in [3.8, 4) is 5.75 Å². The van der Waals surface area contributed by atoms with Crippen molar-refractivity contribution in [3.05, 3.63) is 29.8 Å². The van der Waals surface area contributed by atoms with E-state index in [-0.39, 0.29) is 17.7 Å². The van der Waals surface area contributed by atoms with Crippen molar-refractivity contribution in [2.75, 3.05) is 7.11 Å². The van der Waals surface area contributed by atoms with Crippen LogP contribution in [-0.2, 0) is 9.59 Å². The number of ketones is 1. The van der Waals surface area contributed by atoms with Crippen LogP contribution >= 0.6 is 0 Å². The van der Waals surface area contributed by atoms with Crippen LogP contribution in [0.15, 0.2) is 24.3 Å². The van der Waals surface area contributed by atoms with Gasteiger partial charge in [-0.05, 0) is 24.6 Å². The summed E-state index contributed by atoms with van der Waals surface area (Å²) in [7, 11) is 1.59. The zero-order chi connectivity index (χ0) is 12.8. The second kappa shape index (κ2) is 6.03. The molecule has 1 N–H and O–H groups in total. The number of Topliss-reactive ketones (excluding diaryl/α,β-unsaturated/α-hetero) is 1. The number of carbonyl (C=O) groups is 2. The van der Waals surface area contributed by atoms with Gasteiger partial charge in [-0.25, -0.2) is 0 Å². The summed E-state index contributed by atoms with van der Waals surface area (Å²) in [5, 5.41) is 2.76. The van der Waals surface area contributed by atoms with Gasteiger partial charge in [0.25, 0.3) is 0 Å². The lowest BCUT2D eigenvalue weighted by Crippen LogP contribution is -2.27. The SMILES string of the molecule is COc1ccc(C(CC(C)=O)NC(C)=O)cc1. The summed E-state index contributed by atoms with van der Waals surface area (Å²) in [5.41, 5.74) is 0.899. The monoisotopic (exact) mass is 235 g/mol. The minimum absolute atomic E-state index is 0.0413. The topological polar surface area (TPSA) is 55.4 Å². The molecule has 0 radical (unpaired) electrons. The molecule has 0 aliphatic heterocycles. The minimum Gasteiger partial charge on any atom is -0.497 e. The van der Waals surface area contributed by atoms with E-state index in [4.69, 9.17) is 4.74 Å². The third-order valence-electron chi connectivity index (χ3n) is 2.39. The molecule has 0 aliphatic rings. The number of nitrogens with one attached hydrogen (secondary N) is 1. The van der Waals surface area contributed by atoms with E-state index >= 15 is 0 Å². The molecule has 4 heteroatoms. The van der Waals surface area contributed by atoms with Gasteiger partial charge in [-0.15, -0.1) is 0 Å². The normalized spacial score (nSPS) is 11.7. The van der Waals surface area contributed by atoms with Gasteiger partial charge in [0.15, 0.2) is 0 Å². The summed E-state index contributed by atoms with van der Waals surface area (Å²) < 4.78 is 5.06. The summed E-state index contributed by atoms with van der Waals surface area (Å²) in [4.78, 5) is 22.2. The molecule has 1 atom stereocenters. The Morgan fingerprint density at radius 3 is 2.24 bits per heavy atom. The maximum atomic E-state index is 11.2. The molecule has 0 saturated carbocycles. The van der Waals surface area contributed by atoms with E-state index < -0.39 is 0 Å². The minimum atomic E-state index is -0.268. The summed E-state index contributed by atoms with van der Waals surface area (Å²) in [5.74, 6) is 0.643. The van der Waals surface area contributed by atoms with Crippen LogP contribution in [-0.4, -0.2) is 18.8 Å². The molecule has 0 fully saturated rings. The Balaban J connectivity index is 2.86. The summed E-state index contributed by atoms with van der Waals surface area (Å²) in [6.07, 6.45) is 0.298. The van der Waals surface area contributed by atoms with Gasteiger partial charge in [-0.3, -0.25) is 9.59 Å². The number of carbonyl (C=O) groups excluding carboxylic acids is 2. The standard InChI is InChI=1S/C13H17NO3/c1-9(15)8-13(14-10(2)16)11-4-6-12(17-3)7-5-11/h4-7,13H,8H2,1-3H3,(H,14,16). The second-order valence-electron chi connectivity index (χ2n) is 3.93. The van der Waals surface area contributed by atoms with Gasteiger partial charge in [0.05, 0.1) is 13.2 Å². The van der Waals surface area contributed by atoms with Crippen molar-refractivity contribution >= 4 is 11.7 Å². The van der Waals surface area contributed by atoms with Gasteiger partial charge in [0.2, 0.25) is 5.91 Å². The Hall–Kier alpha value is -1.84. The fourth-order valence-electron chi connectivity index (χ4n) is 1.62. The van der Waals surface area contributed by atoms with Gasteiger partial charge in [0, 0.05) is 13.3 Å². The van der Waals surface area contributed by atoms with Crippen LogP contribution in [0.1, 0.15) is 31.9 Å². The van der Waals surface area contributed by atoms with Crippen LogP contribution in [0, 0.1) is 0 Å². The molecule has 0 aromatic heterocycles. The lowest BCUT2D eigenvalue weighted by molar-refractivity contribution is -0.120. The zero-order valence-corrected chi connectivity index (χ0v) is 10.3. The van der Waals surface area contributed by atoms with Gasteiger partial charge >= 0.3 is 0 Å². The van der Waals surface area contributed by atoms with Crippen LogP contribution in [0.2, 0.25) is 0 Å². The third-order valence-corrected chi connectivity index (χ3v) is 2.39. The Kier molecular flexibility index (Phi) is 4.69. The molecule has 0 bridgehead atoms. The highest BCUT2D eigenvalue weighted by atomic mass is 16.5. The summed E-state index contributed by atoms with van der Waals surface area (Å²) in [6, 6.07) is 7.05. The van der Waals surface area contributed by atoms with Gasteiger partial charge in [-0.2, -0.15) is 0 Å². The Bertz CT molecular complexity index is 382. The third kappa shape index (κ3) is 4.26. The number of methoxy groups -OCH3 is 1. The quantitative estimate of drug-likeness (QED) is 0.847. The molecule has 0 spiro atoms. The maximum absolute atomic E-state index is 11.2. The highest BCUT2D eigenvalue weighted by Gasteiger charge is 2.14. The first-order valence-corrected chi connectivity index (χ1v) is 5.43. The van der Waals surface area contributed by atoms with Crippen molar-refractivity contribution in [1.29, 1.82) is 0 Å². The first kappa shape index (κ1) is 13.2. The van der Waals surface area contributed by atoms with Crippen LogP contribution in [0.5, 0.6) is 5.75 Å². The number of hydrogen-bond acceptors (Lipinski definition) is 3. The van der Waals surface area contributed by atoms with Crippen molar-refractivity contribution in [2.45, 2.75) is 26.3 Å². The molecule has 1 aromatic rings. The number of hydrogen-bond donors (Lipinski definition) is 1. The molecular formula is C13H17NO3. The fraction of sp³-hybridized carbons (Fsp3) is 0.385. The Morgan fingerprint density at radius 1 is 1.24 bits per heavy atom. The molecule has 1 amide bonds. The predicted molar refractivity (Wildman–Crippen MR) is 64.8 cm³/mol. The van der Waals surface area contributed by atoms with E-state index in [0.717, 1.165) is 11.3 Å². The molecule has 0 heterocycles. The lowest BCUT2D eigenvalue weighted by atomic mass is 10.0. The first-order chi connectivity index (χ1) is 8.02. The maximum Gasteiger partial charge on any atom is 0.217 e. The largest absolute Gasteiger partial charge is 0.497 e.